The van der Waals surface area contributed by atoms with Gasteiger partial charge < -0.3 is 9.84 Å². The summed E-state index contributed by atoms with van der Waals surface area (Å²) in [6, 6.07) is 5.23. The molecule has 2 N–H and O–H groups in total. The monoisotopic (exact) mass is 237 g/mol. The maximum absolute atomic E-state index is 10.8. The summed E-state index contributed by atoms with van der Waals surface area (Å²) in [6.07, 6.45) is 0. The van der Waals surface area contributed by atoms with Crippen molar-refractivity contribution in [3.8, 4) is 5.75 Å². The molecule has 0 amide bonds. The Balaban J connectivity index is 2.88. The first-order chi connectivity index (χ1) is 7.95. The van der Waals surface area contributed by atoms with Crippen LogP contribution in [-0.2, 0) is 4.79 Å². The third-order valence-corrected chi connectivity index (χ3v) is 2.73. The van der Waals surface area contributed by atoms with Crippen LogP contribution < -0.4 is 10.1 Å². The van der Waals surface area contributed by atoms with Crippen LogP contribution in [0.3, 0.4) is 0 Å². The number of hydrogen-bond donors (Lipinski definition) is 2. The Labute approximate surface area is 102 Å². The minimum absolute atomic E-state index is 0.0725. The zero-order valence-corrected chi connectivity index (χ0v) is 10.7. The lowest BCUT2D eigenvalue weighted by molar-refractivity contribution is -0.139. The van der Waals surface area contributed by atoms with E-state index in [1.807, 2.05) is 32.0 Å². The van der Waals surface area contributed by atoms with Crippen LogP contribution in [0.15, 0.2) is 18.2 Å². The van der Waals surface area contributed by atoms with Gasteiger partial charge in [0.15, 0.2) is 0 Å². The van der Waals surface area contributed by atoms with Crippen LogP contribution in [-0.4, -0.2) is 24.2 Å². The summed E-state index contributed by atoms with van der Waals surface area (Å²) in [7, 11) is 1.62. The maximum atomic E-state index is 10.8. The number of nitrogens with one attached hydrogen (secondary N) is 1. The fourth-order valence-corrected chi connectivity index (χ4v) is 1.71. The zero-order valence-electron chi connectivity index (χ0n) is 10.7. The van der Waals surface area contributed by atoms with Crippen molar-refractivity contribution in [3.05, 3.63) is 29.3 Å². The second kappa shape index (κ2) is 5.68. The van der Waals surface area contributed by atoms with Crippen LogP contribution in [0.4, 0.5) is 0 Å². The van der Waals surface area contributed by atoms with Gasteiger partial charge in [0.2, 0.25) is 0 Å². The minimum Gasteiger partial charge on any atom is -0.496 e. The molecule has 1 aromatic carbocycles. The zero-order chi connectivity index (χ0) is 13.0. The number of hydrogen-bond acceptors (Lipinski definition) is 3. The summed E-state index contributed by atoms with van der Waals surface area (Å²) in [5.41, 5.74) is 2.08. The molecule has 0 saturated carbocycles. The predicted octanol–water partition coefficient (Wildman–Crippen LogP) is 2.13. The number of rotatable bonds is 5. The molecule has 0 heterocycles. The lowest BCUT2D eigenvalue weighted by Gasteiger charge is -2.20. The van der Waals surface area contributed by atoms with E-state index in [-0.39, 0.29) is 6.04 Å². The molecule has 17 heavy (non-hydrogen) atoms. The van der Waals surface area contributed by atoms with Gasteiger partial charge in [0.25, 0.3) is 0 Å². The summed E-state index contributed by atoms with van der Waals surface area (Å²) in [4.78, 5) is 10.8. The van der Waals surface area contributed by atoms with Gasteiger partial charge >= 0.3 is 5.97 Å². The van der Waals surface area contributed by atoms with E-state index in [9.17, 15) is 4.79 Å². The Morgan fingerprint density at radius 3 is 2.59 bits per heavy atom. The molecule has 0 radical (unpaired) electrons. The van der Waals surface area contributed by atoms with Crippen molar-refractivity contribution >= 4 is 5.97 Å². The van der Waals surface area contributed by atoms with E-state index in [0.29, 0.717) is 0 Å². The van der Waals surface area contributed by atoms with Gasteiger partial charge in [0.05, 0.1) is 7.11 Å². The van der Waals surface area contributed by atoms with E-state index < -0.39 is 12.0 Å². The number of carboxylic acid groups (broad SMARTS) is 1. The summed E-state index contributed by atoms with van der Waals surface area (Å²) in [5, 5.41) is 11.9. The van der Waals surface area contributed by atoms with Gasteiger partial charge in [0.1, 0.15) is 11.8 Å². The average Bonchev–Trinajstić information content (AvgIpc) is 2.28. The van der Waals surface area contributed by atoms with Crippen molar-refractivity contribution in [1.29, 1.82) is 0 Å². The van der Waals surface area contributed by atoms with Gasteiger partial charge in [-0.1, -0.05) is 12.1 Å². The fraction of sp³-hybridized carbons (Fsp3) is 0.462. The molecule has 94 valence electrons. The van der Waals surface area contributed by atoms with Crippen LogP contribution in [0, 0.1) is 6.92 Å². The molecule has 0 saturated heterocycles. The lowest BCUT2D eigenvalue weighted by atomic mass is 10.0. The van der Waals surface area contributed by atoms with Crippen LogP contribution >= 0.6 is 0 Å². The molecular formula is C13H19NO3. The standard InChI is InChI=1S/C13H19NO3/c1-8-5-6-11(12(7-8)17-4)9(2)14-10(3)13(15)16/h5-7,9-10,14H,1-4H3,(H,15,16). The van der Waals surface area contributed by atoms with Crippen LogP contribution in [0.25, 0.3) is 0 Å². The molecule has 2 atom stereocenters. The van der Waals surface area contributed by atoms with Gasteiger partial charge in [-0.2, -0.15) is 0 Å². The first kappa shape index (κ1) is 13.5. The number of ether oxygens (including phenoxy) is 1. The molecule has 4 heteroatoms. The van der Waals surface area contributed by atoms with Crippen molar-refractivity contribution in [2.75, 3.05) is 7.11 Å². The highest BCUT2D eigenvalue weighted by Gasteiger charge is 2.17. The third-order valence-electron chi connectivity index (χ3n) is 2.73. The third kappa shape index (κ3) is 3.46. The van der Waals surface area contributed by atoms with E-state index in [1.54, 1.807) is 14.0 Å². The van der Waals surface area contributed by atoms with Crippen LogP contribution in [0.1, 0.15) is 31.0 Å². The van der Waals surface area contributed by atoms with Gasteiger partial charge in [-0.25, -0.2) is 0 Å². The van der Waals surface area contributed by atoms with E-state index >= 15 is 0 Å². The number of methoxy groups -OCH3 is 1. The van der Waals surface area contributed by atoms with Crippen LogP contribution in [0.5, 0.6) is 5.75 Å². The van der Waals surface area contributed by atoms with Gasteiger partial charge in [-0.15, -0.1) is 0 Å². The molecule has 0 aliphatic rings. The number of carbonyl (C=O) groups is 1. The molecular weight excluding hydrogens is 218 g/mol. The summed E-state index contributed by atoms with van der Waals surface area (Å²) >= 11 is 0. The molecule has 0 fully saturated rings. The van der Waals surface area contributed by atoms with E-state index in [1.165, 1.54) is 0 Å². The predicted molar refractivity (Wildman–Crippen MR) is 66.4 cm³/mol. The summed E-state index contributed by atoms with van der Waals surface area (Å²) in [5.74, 6) is -0.0782. The average molecular weight is 237 g/mol. The van der Waals surface area contributed by atoms with Gasteiger partial charge in [-0.05, 0) is 32.4 Å². The Bertz CT molecular complexity index is 404. The molecule has 0 spiro atoms. The Morgan fingerprint density at radius 2 is 2.06 bits per heavy atom. The van der Waals surface area contributed by atoms with Crippen LogP contribution in [0.2, 0.25) is 0 Å². The van der Waals surface area contributed by atoms with E-state index in [4.69, 9.17) is 9.84 Å². The van der Waals surface area contributed by atoms with Crippen molar-refractivity contribution in [1.82, 2.24) is 5.32 Å². The molecule has 4 nitrogen and oxygen atoms in total. The Hall–Kier alpha value is -1.55. The second-order valence-electron chi connectivity index (χ2n) is 4.19. The first-order valence-electron chi connectivity index (χ1n) is 5.59. The topological polar surface area (TPSA) is 58.6 Å². The number of aliphatic carboxylic acids is 1. The Morgan fingerprint density at radius 1 is 1.41 bits per heavy atom. The first-order valence-corrected chi connectivity index (χ1v) is 5.59. The Kier molecular flexibility index (Phi) is 4.52. The molecule has 2 unspecified atom stereocenters. The van der Waals surface area contributed by atoms with Gasteiger partial charge in [-0.3, -0.25) is 10.1 Å². The van der Waals surface area contributed by atoms with E-state index in [2.05, 4.69) is 5.32 Å². The molecule has 0 aliphatic heterocycles. The number of benzene rings is 1. The van der Waals surface area contributed by atoms with Crippen molar-refractivity contribution in [2.24, 2.45) is 0 Å². The molecule has 0 aliphatic carbocycles. The maximum Gasteiger partial charge on any atom is 0.320 e. The van der Waals surface area contributed by atoms with Crippen molar-refractivity contribution < 1.29 is 14.6 Å². The molecule has 0 bridgehead atoms. The lowest BCUT2D eigenvalue weighted by Crippen LogP contribution is -2.35. The smallest absolute Gasteiger partial charge is 0.320 e. The quantitative estimate of drug-likeness (QED) is 0.823. The summed E-state index contributed by atoms with van der Waals surface area (Å²) < 4.78 is 5.30. The van der Waals surface area contributed by atoms with Crippen molar-refractivity contribution in [3.63, 3.8) is 0 Å². The SMILES string of the molecule is COc1cc(C)ccc1C(C)NC(C)C(=O)O. The van der Waals surface area contributed by atoms with E-state index in [0.717, 1.165) is 16.9 Å². The summed E-state index contributed by atoms with van der Waals surface area (Å²) in [6.45, 7) is 5.54. The highest BCUT2D eigenvalue weighted by Crippen LogP contribution is 2.26. The number of aryl methyl sites for hydroxylation is 1. The molecule has 0 aromatic heterocycles. The van der Waals surface area contributed by atoms with Gasteiger partial charge in [0, 0.05) is 11.6 Å². The fourth-order valence-electron chi connectivity index (χ4n) is 1.71. The second-order valence-corrected chi connectivity index (χ2v) is 4.19. The number of carboxylic acids is 1. The minimum atomic E-state index is -0.858. The molecule has 1 aromatic rings. The molecule has 1 rings (SSSR count). The largest absolute Gasteiger partial charge is 0.496 e. The highest BCUT2D eigenvalue weighted by atomic mass is 16.5. The normalized spacial score (nSPS) is 14.1. The highest BCUT2D eigenvalue weighted by molar-refractivity contribution is 5.72. The van der Waals surface area contributed by atoms with Crippen molar-refractivity contribution in [2.45, 2.75) is 32.9 Å².